The highest BCUT2D eigenvalue weighted by Gasteiger charge is 2.16. The molecule has 2 heterocycles. The standard InChI is InChI=1S/C14H15FN2O2/c1-9(2)19-11-5-10(6-17-7-11)14(18)12-3-4-16-8-13(12)15/h3-9,14,18H,1-2H3. The first kappa shape index (κ1) is 13.4. The molecule has 0 saturated carbocycles. The first-order valence-electron chi connectivity index (χ1n) is 5.97. The van der Waals surface area contributed by atoms with Crippen LogP contribution in [0.5, 0.6) is 5.75 Å². The van der Waals surface area contributed by atoms with E-state index in [1.165, 1.54) is 18.5 Å². The molecule has 5 heteroatoms. The summed E-state index contributed by atoms with van der Waals surface area (Å²) in [6, 6.07) is 3.09. The lowest BCUT2D eigenvalue weighted by Gasteiger charge is -2.14. The zero-order valence-electron chi connectivity index (χ0n) is 10.7. The van der Waals surface area contributed by atoms with Crippen LogP contribution in [0, 0.1) is 5.82 Å². The second-order valence-electron chi connectivity index (χ2n) is 4.42. The quantitative estimate of drug-likeness (QED) is 0.919. The Bertz CT molecular complexity index is 561. The van der Waals surface area contributed by atoms with Crippen molar-refractivity contribution in [3.8, 4) is 5.75 Å². The van der Waals surface area contributed by atoms with E-state index >= 15 is 0 Å². The molecule has 1 unspecified atom stereocenters. The maximum atomic E-state index is 13.6. The average molecular weight is 262 g/mol. The lowest BCUT2D eigenvalue weighted by molar-refractivity contribution is 0.210. The minimum Gasteiger partial charge on any atom is -0.489 e. The highest BCUT2D eigenvalue weighted by atomic mass is 19.1. The number of aromatic nitrogens is 2. The zero-order chi connectivity index (χ0) is 13.8. The fourth-order valence-electron chi connectivity index (χ4n) is 1.71. The molecule has 2 aromatic heterocycles. The molecule has 0 amide bonds. The number of nitrogens with zero attached hydrogens (tertiary/aromatic N) is 2. The molecule has 0 aromatic carbocycles. The number of hydrogen-bond acceptors (Lipinski definition) is 4. The zero-order valence-corrected chi connectivity index (χ0v) is 10.7. The first-order chi connectivity index (χ1) is 9.08. The summed E-state index contributed by atoms with van der Waals surface area (Å²) >= 11 is 0. The SMILES string of the molecule is CC(C)Oc1cncc(C(O)c2ccncc2F)c1. The fourth-order valence-corrected chi connectivity index (χ4v) is 1.71. The van der Waals surface area contributed by atoms with E-state index in [-0.39, 0.29) is 11.7 Å². The molecule has 100 valence electrons. The van der Waals surface area contributed by atoms with E-state index in [0.717, 1.165) is 6.20 Å². The van der Waals surface area contributed by atoms with E-state index in [1.807, 2.05) is 13.8 Å². The van der Waals surface area contributed by atoms with Crippen LogP contribution in [-0.2, 0) is 0 Å². The lowest BCUT2D eigenvalue weighted by atomic mass is 10.0. The van der Waals surface area contributed by atoms with Gasteiger partial charge in [-0.2, -0.15) is 0 Å². The minimum absolute atomic E-state index is 0.00635. The molecule has 4 nitrogen and oxygen atoms in total. The predicted molar refractivity (Wildman–Crippen MR) is 68.3 cm³/mol. The molecular weight excluding hydrogens is 247 g/mol. The van der Waals surface area contributed by atoms with Crippen molar-refractivity contribution in [1.29, 1.82) is 0 Å². The van der Waals surface area contributed by atoms with E-state index in [9.17, 15) is 9.50 Å². The maximum Gasteiger partial charge on any atom is 0.147 e. The Morgan fingerprint density at radius 3 is 2.68 bits per heavy atom. The van der Waals surface area contributed by atoms with Crippen LogP contribution < -0.4 is 4.74 Å². The molecule has 0 spiro atoms. The van der Waals surface area contributed by atoms with Gasteiger partial charge in [-0.3, -0.25) is 9.97 Å². The van der Waals surface area contributed by atoms with E-state index in [1.54, 1.807) is 12.3 Å². The number of ether oxygens (including phenoxy) is 1. The second-order valence-corrected chi connectivity index (χ2v) is 4.42. The largest absolute Gasteiger partial charge is 0.489 e. The van der Waals surface area contributed by atoms with Crippen LogP contribution in [0.2, 0.25) is 0 Å². The molecule has 0 saturated heterocycles. The third-order valence-corrected chi connectivity index (χ3v) is 2.52. The van der Waals surface area contributed by atoms with E-state index in [0.29, 0.717) is 11.3 Å². The molecule has 19 heavy (non-hydrogen) atoms. The summed E-state index contributed by atoms with van der Waals surface area (Å²) < 4.78 is 19.1. The average Bonchev–Trinajstić information content (AvgIpc) is 2.38. The molecular formula is C14H15FN2O2. The molecule has 2 rings (SSSR count). The van der Waals surface area contributed by atoms with Crippen LogP contribution in [0.25, 0.3) is 0 Å². The van der Waals surface area contributed by atoms with Gasteiger partial charge in [0.2, 0.25) is 0 Å². The summed E-state index contributed by atoms with van der Waals surface area (Å²) in [5.41, 5.74) is 0.641. The van der Waals surface area contributed by atoms with Gasteiger partial charge < -0.3 is 9.84 Å². The van der Waals surface area contributed by atoms with Gasteiger partial charge in [-0.15, -0.1) is 0 Å². The van der Waals surface area contributed by atoms with Crippen molar-refractivity contribution in [3.63, 3.8) is 0 Å². The molecule has 0 radical (unpaired) electrons. The van der Waals surface area contributed by atoms with Crippen LogP contribution in [0.15, 0.2) is 36.9 Å². The Labute approximate surface area is 110 Å². The van der Waals surface area contributed by atoms with Crippen LogP contribution >= 0.6 is 0 Å². The highest BCUT2D eigenvalue weighted by molar-refractivity contribution is 5.32. The third-order valence-electron chi connectivity index (χ3n) is 2.52. The van der Waals surface area contributed by atoms with Crippen molar-refractivity contribution >= 4 is 0 Å². The number of pyridine rings is 2. The van der Waals surface area contributed by atoms with Gasteiger partial charge >= 0.3 is 0 Å². The number of aliphatic hydroxyl groups is 1. The molecule has 1 atom stereocenters. The summed E-state index contributed by atoms with van der Waals surface area (Å²) in [5, 5.41) is 10.2. The Morgan fingerprint density at radius 1 is 1.21 bits per heavy atom. The Balaban J connectivity index is 2.29. The first-order valence-corrected chi connectivity index (χ1v) is 5.97. The monoisotopic (exact) mass is 262 g/mol. The van der Waals surface area contributed by atoms with Gasteiger partial charge in [0.15, 0.2) is 0 Å². The number of hydrogen-bond donors (Lipinski definition) is 1. The van der Waals surface area contributed by atoms with Gasteiger partial charge in [-0.05, 0) is 26.0 Å². The van der Waals surface area contributed by atoms with E-state index in [2.05, 4.69) is 9.97 Å². The molecule has 0 aliphatic rings. The molecule has 2 aromatic rings. The van der Waals surface area contributed by atoms with Crippen LogP contribution in [0.1, 0.15) is 31.1 Å². The van der Waals surface area contributed by atoms with Gasteiger partial charge in [0, 0.05) is 23.5 Å². The summed E-state index contributed by atoms with van der Waals surface area (Å²) in [6.07, 6.45) is 4.46. The Hall–Kier alpha value is -2.01. The van der Waals surface area contributed by atoms with Crippen LogP contribution in [0.3, 0.4) is 0 Å². The number of rotatable bonds is 4. The van der Waals surface area contributed by atoms with Crippen molar-refractivity contribution < 1.29 is 14.2 Å². The smallest absolute Gasteiger partial charge is 0.147 e. The topological polar surface area (TPSA) is 55.2 Å². The van der Waals surface area contributed by atoms with Crippen molar-refractivity contribution in [2.24, 2.45) is 0 Å². The number of aliphatic hydroxyl groups excluding tert-OH is 1. The normalized spacial score (nSPS) is 12.5. The minimum atomic E-state index is -1.09. The molecule has 0 bridgehead atoms. The van der Waals surface area contributed by atoms with Gasteiger partial charge in [0.25, 0.3) is 0 Å². The van der Waals surface area contributed by atoms with Gasteiger partial charge in [0.1, 0.15) is 17.7 Å². The van der Waals surface area contributed by atoms with Crippen LogP contribution in [0.4, 0.5) is 4.39 Å². The number of halogens is 1. The third kappa shape index (κ3) is 3.26. The molecule has 0 fully saturated rings. The molecule has 1 N–H and O–H groups in total. The molecule has 0 aliphatic heterocycles. The second kappa shape index (κ2) is 5.75. The van der Waals surface area contributed by atoms with Gasteiger partial charge in [0.05, 0.1) is 18.5 Å². The Morgan fingerprint density at radius 2 is 2.00 bits per heavy atom. The maximum absolute atomic E-state index is 13.6. The van der Waals surface area contributed by atoms with Crippen molar-refractivity contribution in [3.05, 3.63) is 53.9 Å². The Kier molecular flexibility index (Phi) is 4.06. The van der Waals surface area contributed by atoms with Gasteiger partial charge in [-0.1, -0.05) is 0 Å². The summed E-state index contributed by atoms with van der Waals surface area (Å²) in [5.74, 6) is -0.00815. The van der Waals surface area contributed by atoms with Crippen LogP contribution in [-0.4, -0.2) is 21.2 Å². The highest BCUT2D eigenvalue weighted by Crippen LogP contribution is 2.25. The fraction of sp³-hybridized carbons (Fsp3) is 0.286. The van der Waals surface area contributed by atoms with Gasteiger partial charge in [-0.25, -0.2) is 4.39 Å². The summed E-state index contributed by atoms with van der Waals surface area (Å²) in [4.78, 5) is 7.64. The van der Waals surface area contributed by atoms with Crippen molar-refractivity contribution in [1.82, 2.24) is 9.97 Å². The lowest BCUT2D eigenvalue weighted by Crippen LogP contribution is -2.08. The van der Waals surface area contributed by atoms with E-state index in [4.69, 9.17) is 4.74 Å². The molecule has 0 aliphatic carbocycles. The summed E-state index contributed by atoms with van der Waals surface area (Å²) in [7, 11) is 0. The summed E-state index contributed by atoms with van der Waals surface area (Å²) in [6.45, 7) is 3.79. The van der Waals surface area contributed by atoms with Crippen molar-refractivity contribution in [2.45, 2.75) is 26.1 Å². The van der Waals surface area contributed by atoms with Crippen molar-refractivity contribution in [2.75, 3.05) is 0 Å². The predicted octanol–water partition coefficient (Wildman–Crippen LogP) is 2.48. The van der Waals surface area contributed by atoms with E-state index < -0.39 is 11.9 Å².